The van der Waals surface area contributed by atoms with E-state index in [0.717, 1.165) is 41.9 Å². The number of para-hydroxylation sites is 1. The molecule has 0 saturated carbocycles. The molecule has 4 N–H and O–H groups in total. The number of nitrogens with one attached hydrogen (secondary N) is 4. The van der Waals surface area contributed by atoms with Crippen LogP contribution in [0.15, 0.2) is 78.9 Å². The maximum atomic E-state index is 13.6. The molecule has 3 aromatic carbocycles. The van der Waals surface area contributed by atoms with Crippen LogP contribution in [-0.4, -0.2) is 67.0 Å². The second kappa shape index (κ2) is 16.0. The standard InChI is InChI=1S/C38H48N6O5/c1-38(2,3)33(42-37(48)49-4)36(47)44-23-9-13-32(44)35(46)41-29-20-16-27(17-21-29)25-43(30-10-6-5-7-11-30)24-26-14-18-28(19-15-26)40-34(45)31-12-8-22-39-31/h5-7,10-11,14-21,31-33,39H,8-9,12-13,22-25H2,1-4H3,(H,40,45)(H,41,46)(H,42,48)/t31-,32-,33+/m0/s1. The zero-order valence-corrected chi connectivity index (χ0v) is 28.8. The predicted molar refractivity (Wildman–Crippen MR) is 191 cm³/mol. The molecular weight excluding hydrogens is 620 g/mol. The molecule has 49 heavy (non-hydrogen) atoms. The van der Waals surface area contributed by atoms with E-state index in [1.807, 2.05) is 87.5 Å². The second-order valence-electron chi connectivity index (χ2n) is 13.8. The zero-order valence-electron chi connectivity index (χ0n) is 28.8. The number of hydrogen-bond acceptors (Lipinski definition) is 7. The van der Waals surface area contributed by atoms with Gasteiger partial charge in [-0.05, 0) is 85.2 Å². The number of carbonyl (C=O) groups is 4. The summed E-state index contributed by atoms with van der Waals surface area (Å²) in [6.45, 7) is 8.21. The molecule has 2 aliphatic heterocycles. The van der Waals surface area contributed by atoms with Crippen molar-refractivity contribution in [1.82, 2.24) is 15.5 Å². The largest absolute Gasteiger partial charge is 0.453 e. The molecule has 5 rings (SSSR count). The Labute approximate surface area is 288 Å². The number of anilines is 3. The summed E-state index contributed by atoms with van der Waals surface area (Å²) in [5.74, 6) is -0.547. The Morgan fingerprint density at radius 1 is 0.837 bits per heavy atom. The van der Waals surface area contributed by atoms with Gasteiger partial charge in [-0.25, -0.2) is 4.79 Å². The quantitative estimate of drug-likeness (QED) is 0.219. The van der Waals surface area contributed by atoms with Gasteiger partial charge in [0.05, 0.1) is 13.2 Å². The lowest BCUT2D eigenvalue weighted by Crippen LogP contribution is -2.57. The van der Waals surface area contributed by atoms with Crippen LogP contribution in [0, 0.1) is 5.41 Å². The number of hydrogen-bond donors (Lipinski definition) is 4. The van der Waals surface area contributed by atoms with E-state index in [2.05, 4.69) is 38.3 Å². The molecule has 0 radical (unpaired) electrons. The van der Waals surface area contributed by atoms with Gasteiger partial charge in [0, 0.05) is 36.7 Å². The highest BCUT2D eigenvalue weighted by atomic mass is 16.5. The monoisotopic (exact) mass is 668 g/mol. The van der Waals surface area contributed by atoms with Crippen molar-refractivity contribution in [1.29, 1.82) is 0 Å². The molecule has 3 atom stereocenters. The number of benzene rings is 3. The van der Waals surface area contributed by atoms with Gasteiger partial charge in [0.1, 0.15) is 12.1 Å². The fourth-order valence-electron chi connectivity index (χ4n) is 6.36. The van der Waals surface area contributed by atoms with E-state index in [4.69, 9.17) is 4.74 Å². The second-order valence-corrected chi connectivity index (χ2v) is 13.8. The topological polar surface area (TPSA) is 132 Å². The fourth-order valence-corrected chi connectivity index (χ4v) is 6.36. The number of likely N-dealkylation sites (tertiary alicyclic amines) is 1. The van der Waals surface area contributed by atoms with Crippen LogP contribution in [0.5, 0.6) is 0 Å². The van der Waals surface area contributed by atoms with Gasteiger partial charge in [0.15, 0.2) is 0 Å². The Kier molecular flexibility index (Phi) is 11.6. The Morgan fingerprint density at radius 2 is 1.43 bits per heavy atom. The number of amides is 4. The minimum atomic E-state index is -0.835. The van der Waals surface area contributed by atoms with Crippen molar-refractivity contribution in [2.75, 3.05) is 35.7 Å². The molecule has 3 aromatic rings. The van der Waals surface area contributed by atoms with Crippen LogP contribution in [0.3, 0.4) is 0 Å². The van der Waals surface area contributed by atoms with Gasteiger partial charge < -0.3 is 35.8 Å². The minimum Gasteiger partial charge on any atom is -0.453 e. The summed E-state index contributed by atoms with van der Waals surface area (Å²) in [6.07, 6.45) is 2.43. The van der Waals surface area contributed by atoms with Crippen LogP contribution in [0.25, 0.3) is 0 Å². The molecule has 2 saturated heterocycles. The number of ether oxygens (including phenoxy) is 1. The fraction of sp³-hybridized carbons (Fsp3) is 0.421. The van der Waals surface area contributed by atoms with Crippen LogP contribution in [0.2, 0.25) is 0 Å². The molecule has 0 spiro atoms. The van der Waals surface area contributed by atoms with Crippen molar-refractivity contribution in [3.63, 3.8) is 0 Å². The summed E-state index contributed by atoms with van der Waals surface area (Å²) in [5, 5.41) is 11.9. The number of nitrogens with zero attached hydrogens (tertiary/aromatic N) is 2. The average molecular weight is 669 g/mol. The van der Waals surface area contributed by atoms with Crippen LogP contribution in [0.4, 0.5) is 21.9 Å². The van der Waals surface area contributed by atoms with Crippen LogP contribution in [-0.2, 0) is 32.2 Å². The maximum Gasteiger partial charge on any atom is 0.407 e. The van der Waals surface area contributed by atoms with Crippen molar-refractivity contribution in [3.8, 4) is 0 Å². The van der Waals surface area contributed by atoms with E-state index >= 15 is 0 Å². The highest BCUT2D eigenvalue weighted by Gasteiger charge is 2.42. The molecule has 4 amide bonds. The van der Waals surface area contributed by atoms with Gasteiger partial charge in [-0.2, -0.15) is 0 Å². The number of alkyl carbamates (subject to hydrolysis) is 1. The summed E-state index contributed by atoms with van der Waals surface area (Å²) in [6, 6.07) is 24.3. The third-order valence-electron chi connectivity index (χ3n) is 9.09. The average Bonchev–Trinajstić information content (AvgIpc) is 3.82. The summed E-state index contributed by atoms with van der Waals surface area (Å²) >= 11 is 0. The van der Waals surface area contributed by atoms with Crippen molar-refractivity contribution >= 4 is 40.9 Å². The van der Waals surface area contributed by atoms with Gasteiger partial charge >= 0.3 is 6.09 Å². The Bertz CT molecular complexity index is 1580. The summed E-state index contributed by atoms with van der Waals surface area (Å²) in [4.78, 5) is 55.4. The van der Waals surface area contributed by atoms with Crippen molar-refractivity contribution in [2.24, 2.45) is 5.41 Å². The third-order valence-corrected chi connectivity index (χ3v) is 9.09. The van der Waals surface area contributed by atoms with Gasteiger partial charge in [-0.3, -0.25) is 14.4 Å². The molecular formula is C38H48N6O5. The normalized spacial score (nSPS) is 18.0. The van der Waals surface area contributed by atoms with Crippen LogP contribution >= 0.6 is 0 Å². The van der Waals surface area contributed by atoms with Crippen LogP contribution < -0.4 is 26.2 Å². The van der Waals surface area contributed by atoms with Crippen LogP contribution in [0.1, 0.15) is 57.6 Å². The summed E-state index contributed by atoms with van der Waals surface area (Å²) in [7, 11) is 1.26. The molecule has 2 heterocycles. The Hall–Kier alpha value is -4.90. The lowest BCUT2D eigenvalue weighted by Gasteiger charge is -2.35. The predicted octanol–water partition coefficient (Wildman–Crippen LogP) is 5.28. The first-order valence-electron chi connectivity index (χ1n) is 17.0. The molecule has 0 unspecified atom stereocenters. The number of rotatable bonds is 11. The highest BCUT2D eigenvalue weighted by Crippen LogP contribution is 2.27. The SMILES string of the molecule is COC(=O)N[C@H](C(=O)N1CCC[C@H]1C(=O)Nc1ccc(CN(Cc2ccc(NC(=O)[C@@H]3CCCN3)cc2)c2ccccc2)cc1)C(C)(C)C. The van der Waals surface area contributed by atoms with E-state index in [-0.39, 0.29) is 23.8 Å². The molecule has 0 aliphatic carbocycles. The number of carbonyl (C=O) groups excluding carboxylic acids is 4. The van der Waals surface area contributed by atoms with Gasteiger partial charge in [-0.1, -0.05) is 63.2 Å². The lowest BCUT2D eigenvalue weighted by atomic mass is 9.85. The smallest absolute Gasteiger partial charge is 0.407 e. The first kappa shape index (κ1) is 35.4. The molecule has 2 fully saturated rings. The third kappa shape index (κ3) is 9.38. The minimum absolute atomic E-state index is 0.00645. The molecule has 2 aliphatic rings. The lowest BCUT2D eigenvalue weighted by molar-refractivity contribution is -0.140. The summed E-state index contributed by atoms with van der Waals surface area (Å²) < 4.78 is 4.74. The molecule has 11 heteroatoms. The highest BCUT2D eigenvalue weighted by molar-refractivity contribution is 5.99. The number of methoxy groups -OCH3 is 1. The van der Waals surface area contributed by atoms with E-state index in [1.165, 1.54) is 7.11 Å². The van der Waals surface area contributed by atoms with Gasteiger partial charge in [0.2, 0.25) is 17.7 Å². The van der Waals surface area contributed by atoms with Gasteiger partial charge in [0.25, 0.3) is 0 Å². The van der Waals surface area contributed by atoms with E-state index < -0.39 is 23.6 Å². The Morgan fingerprint density at radius 3 is 1.96 bits per heavy atom. The maximum absolute atomic E-state index is 13.6. The molecule has 11 nitrogen and oxygen atoms in total. The molecule has 260 valence electrons. The van der Waals surface area contributed by atoms with Crippen molar-refractivity contribution in [2.45, 2.75) is 77.7 Å². The Balaban J connectivity index is 1.22. The van der Waals surface area contributed by atoms with E-state index in [9.17, 15) is 19.2 Å². The summed E-state index contributed by atoms with van der Waals surface area (Å²) in [5.41, 5.74) is 4.09. The van der Waals surface area contributed by atoms with Crippen molar-refractivity contribution in [3.05, 3.63) is 90.0 Å². The molecule has 0 aromatic heterocycles. The first-order chi connectivity index (χ1) is 23.5. The van der Waals surface area contributed by atoms with E-state index in [1.54, 1.807) is 4.90 Å². The zero-order chi connectivity index (χ0) is 35.0. The van der Waals surface area contributed by atoms with E-state index in [0.29, 0.717) is 38.2 Å². The van der Waals surface area contributed by atoms with Crippen molar-refractivity contribution < 1.29 is 23.9 Å². The first-order valence-corrected chi connectivity index (χ1v) is 17.0. The molecule has 0 bridgehead atoms. The van der Waals surface area contributed by atoms with Gasteiger partial charge in [-0.15, -0.1) is 0 Å².